The minimum Gasteiger partial charge on any atom is -0.348 e. The summed E-state index contributed by atoms with van der Waals surface area (Å²) in [5, 5.41) is 5.00. The minimum absolute atomic E-state index is 0.0338. The molecule has 3 heterocycles. The van der Waals surface area contributed by atoms with E-state index in [-0.39, 0.29) is 28.9 Å². The summed E-state index contributed by atoms with van der Waals surface area (Å²) in [5.74, 6) is -0.778. The molecule has 1 aliphatic rings. The molecular formula is C22H25ClFN5O2. The Morgan fingerprint density at radius 2 is 2.16 bits per heavy atom. The quantitative estimate of drug-likeness (QED) is 0.651. The van der Waals surface area contributed by atoms with E-state index in [0.29, 0.717) is 42.0 Å². The third kappa shape index (κ3) is 4.30. The van der Waals surface area contributed by atoms with E-state index in [1.165, 1.54) is 4.90 Å². The standard InChI is InChI=1S/C22H25ClFN5O2/c1-27(2)22(31)18-12-16-17(23)11-15(20(24)21(16)26-18)14-5-3-8-28(13-14)19(30)6-10-29-9-4-7-25-29/h4,7,9,11-12,14,26H,3,5-6,8,10,13H2,1-2H3. The lowest BCUT2D eigenvalue weighted by Crippen LogP contribution is -2.39. The van der Waals surface area contributed by atoms with E-state index in [1.54, 1.807) is 42.0 Å². The SMILES string of the molecule is CN(C)C(=O)c1cc2c(Cl)cc(C3CCCN(C(=O)CCn4cccn4)C3)c(F)c2[nH]1. The Morgan fingerprint density at radius 1 is 1.35 bits per heavy atom. The number of carbonyl (C=O) groups excluding carboxylic acids is 2. The Balaban J connectivity index is 1.55. The Bertz CT molecular complexity index is 1110. The molecule has 164 valence electrons. The zero-order valence-corrected chi connectivity index (χ0v) is 18.3. The highest BCUT2D eigenvalue weighted by molar-refractivity contribution is 6.35. The van der Waals surface area contributed by atoms with Crippen molar-refractivity contribution in [1.82, 2.24) is 24.6 Å². The number of piperidine rings is 1. The molecule has 0 radical (unpaired) electrons. The molecule has 1 atom stereocenters. The van der Waals surface area contributed by atoms with Crippen molar-refractivity contribution in [3.63, 3.8) is 0 Å². The number of H-pyrrole nitrogens is 1. The summed E-state index contributed by atoms with van der Waals surface area (Å²) in [4.78, 5) is 31.1. The highest BCUT2D eigenvalue weighted by Crippen LogP contribution is 2.36. The van der Waals surface area contributed by atoms with Crippen LogP contribution in [0.3, 0.4) is 0 Å². The lowest BCUT2D eigenvalue weighted by molar-refractivity contribution is -0.132. The average Bonchev–Trinajstić information content (AvgIpc) is 3.44. The molecule has 1 aromatic carbocycles. The molecule has 1 fully saturated rings. The van der Waals surface area contributed by atoms with Gasteiger partial charge in [0.15, 0.2) is 5.82 Å². The van der Waals surface area contributed by atoms with Gasteiger partial charge in [-0.25, -0.2) is 4.39 Å². The Kier molecular flexibility index (Phi) is 6.00. The molecule has 31 heavy (non-hydrogen) atoms. The van der Waals surface area contributed by atoms with E-state index in [9.17, 15) is 9.59 Å². The van der Waals surface area contributed by atoms with Crippen LogP contribution in [0.1, 0.15) is 41.2 Å². The number of hydrogen-bond acceptors (Lipinski definition) is 3. The van der Waals surface area contributed by atoms with Gasteiger partial charge < -0.3 is 14.8 Å². The van der Waals surface area contributed by atoms with Gasteiger partial charge in [0.1, 0.15) is 5.69 Å². The molecule has 0 aliphatic carbocycles. The first-order chi connectivity index (χ1) is 14.8. The van der Waals surface area contributed by atoms with Gasteiger partial charge in [-0.1, -0.05) is 11.6 Å². The molecule has 0 saturated carbocycles. The lowest BCUT2D eigenvalue weighted by Gasteiger charge is -2.33. The van der Waals surface area contributed by atoms with Crippen LogP contribution in [0.2, 0.25) is 5.02 Å². The second-order valence-corrected chi connectivity index (χ2v) is 8.54. The highest BCUT2D eigenvalue weighted by Gasteiger charge is 2.28. The molecular weight excluding hydrogens is 421 g/mol. The van der Waals surface area contributed by atoms with Crippen LogP contribution in [0.25, 0.3) is 10.9 Å². The first kappa shape index (κ1) is 21.4. The van der Waals surface area contributed by atoms with Gasteiger partial charge in [0, 0.05) is 63.8 Å². The molecule has 3 aromatic rings. The summed E-state index contributed by atoms with van der Waals surface area (Å²) in [6.45, 7) is 1.63. The maximum absolute atomic E-state index is 15.4. The Labute approximate surface area is 184 Å². The number of nitrogens with one attached hydrogen (secondary N) is 1. The van der Waals surface area contributed by atoms with Gasteiger partial charge in [0.2, 0.25) is 5.91 Å². The number of rotatable bonds is 5. The number of carbonyl (C=O) groups is 2. The smallest absolute Gasteiger partial charge is 0.269 e. The molecule has 1 N–H and O–H groups in total. The normalized spacial score (nSPS) is 16.6. The zero-order chi connectivity index (χ0) is 22.1. The minimum atomic E-state index is -0.409. The number of hydrogen-bond donors (Lipinski definition) is 1. The number of aryl methyl sites for hydroxylation is 1. The summed E-state index contributed by atoms with van der Waals surface area (Å²) >= 11 is 6.45. The highest BCUT2D eigenvalue weighted by atomic mass is 35.5. The van der Waals surface area contributed by atoms with Crippen molar-refractivity contribution in [1.29, 1.82) is 0 Å². The van der Waals surface area contributed by atoms with Crippen molar-refractivity contribution in [2.24, 2.45) is 0 Å². The summed E-state index contributed by atoms with van der Waals surface area (Å²) in [6.07, 6.45) is 5.42. The van der Waals surface area contributed by atoms with Crippen LogP contribution >= 0.6 is 11.6 Å². The number of benzene rings is 1. The molecule has 7 nitrogen and oxygen atoms in total. The van der Waals surface area contributed by atoms with E-state index in [1.807, 2.05) is 12.3 Å². The number of aromatic amines is 1. The largest absolute Gasteiger partial charge is 0.348 e. The monoisotopic (exact) mass is 445 g/mol. The van der Waals surface area contributed by atoms with Gasteiger partial charge in [-0.3, -0.25) is 14.3 Å². The molecule has 1 aliphatic heterocycles. The van der Waals surface area contributed by atoms with Crippen LogP contribution in [-0.4, -0.2) is 63.6 Å². The van der Waals surface area contributed by atoms with Crippen LogP contribution in [0.4, 0.5) is 4.39 Å². The molecule has 2 aromatic heterocycles. The second kappa shape index (κ2) is 8.70. The molecule has 1 unspecified atom stereocenters. The van der Waals surface area contributed by atoms with Crippen molar-refractivity contribution in [3.8, 4) is 0 Å². The Hall–Kier alpha value is -2.87. The van der Waals surface area contributed by atoms with E-state index < -0.39 is 5.82 Å². The van der Waals surface area contributed by atoms with Crippen LogP contribution in [0.15, 0.2) is 30.6 Å². The number of halogens is 2. The fraction of sp³-hybridized carbons (Fsp3) is 0.409. The predicted octanol–water partition coefficient (Wildman–Crippen LogP) is 3.66. The molecule has 0 bridgehead atoms. The summed E-state index contributed by atoms with van der Waals surface area (Å²) in [7, 11) is 3.27. The molecule has 4 rings (SSSR count). The van der Waals surface area contributed by atoms with Crippen molar-refractivity contribution >= 4 is 34.3 Å². The molecule has 0 spiro atoms. The van der Waals surface area contributed by atoms with Crippen LogP contribution in [0, 0.1) is 5.82 Å². The summed E-state index contributed by atoms with van der Waals surface area (Å²) in [6, 6.07) is 5.04. The zero-order valence-electron chi connectivity index (χ0n) is 17.6. The van der Waals surface area contributed by atoms with Gasteiger partial charge in [-0.05, 0) is 36.6 Å². The number of fused-ring (bicyclic) bond motifs is 1. The van der Waals surface area contributed by atoms with Crippen molar-refractivity contribution in [2.45, 2.75) is 31.7 Å². The second-order valence-electron chi connectivity index (χ2n) is 8.13. The maximum Gasteiger partial charge on any atom is 0.269 e. The third-order valence-electron chi connectivity index (χ3n) is 5.79. The van der Waals surface area contributed by atoms with E-state index in [2.05, 4.69) is 10.1 Å². The molecule has 1 saturated heterocycles. The summed E-state index contributed by atoms with van der Waals surface area (Å²) in [5.41, 5.74) is 1.000. The average molecular weight is 446 g/mol. The lowest BCUT2D eigenvalue weighted by atomic mass is 9.89. The van der Waals surface area contributed by atoms with Crippen LogP contribution < -0.4 is 0 Å². The first-order valence-electron chi connectivity index (χ1n) is 10.3. The Morgan fingerprint density at radius 3 is 2.87 bits per heavy atom. The van der Waals surface area contributed by atoms with Gasteiger partial charge in [-0.15, -0.1) is 0 Å². The maximum atomic E-state index is 15.4. The van der Waals surface area contributed by atoms with Gasteiger partial charge in [0.25, 0.3) is 5.91 Å². The van der Waals surface area contributed by atoms with Gasteiger partial charge in [-0.2, -0.15) is 5.10 Å². The van der Waals surface area contributed by atoms with Crippen LogP contribution in [-0.2, 0) is 11.3 Å². The number of amides is 2. The van der Waals surface area contributed by atoms with Crippen molar-refractivity contribution in [3.05, 3.63) is 52.7 Å². The fourth-order valence-electron chi connectivity index (χ4n) is 4.15. The fourth-order valence-corrected chi connectivity index (χ4v) is 4.42. The molecule has 2 amide bonds. The van der Waals surface area contributed by atoms with E-state index in [4.69, 9.17) is 11.6 Å². The number of nitrogens with zero attached hydrogens (tertiary/aromatic N) is 4. The third-order valence-corrected chi connectivity index (χ3v) is 6.11. The first-order valence-corrected chi connectivity index (χ1v) is 10.7. The topological polar surface area (TPSA) is 74.2 Å². The number of likely N-dealkylation sites (tertiary alicyclic amines) is 1. The van der Waals surface area contributed by atoms with Gasteiger partial charge in [0.05, 0.1) is 10.5 Å². The predicted molar refractivity (Wildman–Crippen MR) is 117 cm³/mol. The van der Waals surface area contributed by atoms with Gasteiger partial charge >= 0.3 is 0 Å². The van der Waals surface area contributed by atoms with Crippen molar-refractivity contribution < 1.29 is 14.0 Å². The van der Waals surface area contributed by atoms with E-state index in [0.717, 1.165) is 12.8 Å². The van der Waals surface area contributed by atoms with Crippen LogP contribution in [0.5, 0.6) is 0 Å². The summed E-state index contributed by atoms with van der Waals surface area (Å²) < 4.78 is 17.2. The van der Waals surface area contributed by atoms with Crippen molar-refractivity contribution in [2.75, 3.05) is 27.2 Å². The number of aromatic nitrogens is 3. The van der Waals surface area contributed by atoms with E-state index >= 15 is 4.39 Å². The molecule has 9 heteroatoms.